The Kier molecular flexibility index (Phi) is 6.36. The zero-order valence-electron chi connectivity index (χ0n) is 15.8. The molecule has 1 aliphatic rings. The quantitative estimate of drug-likeness (QED) is 0.727. The molecule has 146 valence electrons. The molecule has 6 nitrogen and oxygen atoms in total. The smallest absolute Gasteiger partial charge is 0.243 e. The Balaban J connectivity index is 1.60. The zero-order chi connectivity index (χ0) is 19.3. The highest BCUT2D eigenvalue weighted by Crippen LogP contribution is 2.22. The van der Waals surface area contributed by atoms with Crippen LogP contribution < -0.4 is 9.47 Å². The lowest BCUT2D eigenvalue weighted by Gasteiger charge is -2.34. The lowest BCUT2D eigenvalue weighted by atomic mass is 10.2. The van der Waals surface area contributed by atoms with Crippen LogP contribution in [-0.4, -0.2) is 57.5 Å². The molecule has 0 amide bonds. The van der Waals surface area contributed by atoms with Crippen LogP contribution in [0.3, 0.4) is 0 Å². The summed E-state index contributed by atoms with van der Waals surface area (Å²) in [5, 5.41) is 0. The van der Waals surface area contributed by atoms with Crippen molar-refractivity contribution in [3.63, 3.8) is 0 Å². The number of piperazine rings is 1. The summed E-state index contributed by atoms with van der Waals surface area (Å²) in [6, 6.07) is 14.6. The van der Waals surface area contributed by atoms with Crippen molar-refractivity contribution in [1.82, 2.24) is 9.21 Å². The minimum Gasteiger partial charge on any atom is -0.497 e. The molecule has 2 aromatic carbocycles. The van der Waals surface area contributed by atoms with Gasteiger partial charge >= 0.3 is 0 Å². The molecule has 1 heterocycles. The minimum absolute atomic E-state index is 0.312. The lowest BCUT2D eigenvalue weighted by Crippen LogP contribution is -2.48. The van der Waals surface area contributed by atoms with E-state index >= 15 is 0 Å². The second-order valence-corrected chi connectivity index (χ2v) is 8.37. The van der Waals surface area contributed by atoms with Gasteiger partial charge in [-0.2, -0.15) is 4.31 Å². The van der Waals surface area contributed by atoms with Gasteiger partial charge in [0.1, 0.15) is 11.5 Å². The molecule has 0 N–H and O–H groups in total. The average molecular weight is 391 g/mol. The number of benzene rings is 2. The van der Waals surface area contributed by atoms with E-state index in [9.17, 15) is 8.42 Å². The van der Waals surface area contributed by atoms with E-state index in [0.29, 0.717) is 43.4 Å². The summed E-state index contributed by atoms with van der Waals surface area (Å²) < 4.78 is 37.9. The van der Waals surface area contributed by atoms with E-state index in [2.05, 4.69) is 11.0 Å². The van der Waals surface area contributed by atoms with Gasteiger partial charge in [0.25, 0.3) is 0 Å². The van der Waals surface area contributed by atoms with Crippen LogP contribution in [0.2, 0.25) is 0 Å². The van der Waals surface area contributed by atoms with Crippen LogP contribution in [0.5, 0.6) is 11.5 Å². The van der Waals surface area contributed by atoms with Crippen molar-refractivity contribution in [2.75, 3.05) is 39.9 Å². The second-order valence-electron chi connectivity index (χ2n) is 6.44. The third kappa shape index (κ3) is 4.80. The van der Waals surface area contributed by atoms with Crippen molar-refractivity contribution in [3.8, 4) is 11.5 Å². The van der Waals surface area contributed by atoms with E-state index < -0.39 is 10.0 Å². The van der Waals surface area contributed by atoms with Gasteiger partial charge < -0.3 is 9.47 Å². The highest BCUT2D eigenvalue weighted by molar-refractivity contribution is 7.89. The summed E-state index contributed by atoms with van der Waals surface area (Å²) in [6.45, 7) is 5.62. The summed E-state index contributed by atoms with van der Waals surface area (Å²) in [7, 11) is -1.81. The molecule has 1 saturated heterocycles. The SMILES string of the molecule is CCOc1ccc(S(=O)(=O)N2CCN(Cc3cccc(OC)c3)CC2)cc1. The highest BCUT2D eigenvalue weighted by atomic mass is 32.2. The van der Waals surface area contributed by atoms with Crippen LogP contribution >= 0.6 is 0 Å². The van der Waals surface area contributed by atoms with Gasteiger partial charge in [0.15, 0.2) is 0 Å². The largest absolute Gasteiger partial charge is 0.497 e. The first-order valence-corrected chi connectivity index (χ1v) is 10.5. The summed E-state index contributed by atoms with van der Waals surface area (Å²) in [4.78, 5) is 2.58. The van der Waals surface area contributed by atoms with Crippen molar-refractivity contribution in [2.45, 2.75) is 18.4 Å². The van der Waals surface area contributed by atoms with Crippen molar-refractivity contribution in [1.29, 1.82) is 0 Å². The molecule has 0 radical (unpaired) electrons. The molecule has 0 unspecified atom stereocenters. The van der Waals surface area contributed by atoms with Gasteiger partial charge in [-0.25, -0.2) is 8.42 Å². The van der Waals surface area contributed by atoms with Crippen LogP contribution in [0.4, 0.5) is 0 Å². The number of hydrogen-bond donors (Lipinski definition) is 0. The van der Waals surface area contributed by atoms with Crippen LogP contribution in [-0.2, 0) is 16.6 Å². The molecule has 7 heteroatoms. The standard InChI is InChI=1S/C20H26N2O4S/c1-3-26-18-7-9-20(10-8-18)27(23,24)22-13-11-21(12-14-22)16-17-5-4-6-19(15-17)25-2/h4-10,15H,3,11-14,16H2,1-2H3. The third-order valence-electron chi connectivity index (χ3n) is 4.64. The highest BCUT2D eigenvalue weighted by Gasteiger charge is 2.28. The fraction of sp³-hybridized carbons (Fsp3) is 0.400. The number of sulfonamides is 1. The molecule has 0 saturated carbocycles. The van der Waals surface area contributed by atoms with Gasteiger partial charge in [0, 0.05) is 32.7 Å². The first kappa shape index (κ1) is 19.7. The monoisotopic (exact) mass is 390 g/mol. The van der Waals surface area contributed by atoms with Crippen molar-refractivity contribution in [2.24, 2.45) is 0 Å². The molecule has 3 rings (SSSR count). The lowest BCUT2D eigenvalue weighted by molar-refractivity contribution is 0.181. The number of ether oxygens (including phenoxy) is 2. The minimum atomic E-state index is -3.47. The number of rotatable bonds is 7. The summed E-state index contributed by atoms with van der Waals surface area (Å²) in [5.41, 5.74) is 1.16. The molecule has 0 aliphatic carbocycles. The number of hydrogen-bond acceptors (Lipinski definition) is 5. The van der Waals surface area contributed by atoms with Crippen LogP contribution in [0, 0.1) is 0 Å². The van der Waals surface area contributed by atoms with Crippen molar-refractivity contribution < 1.29 is 17.9 Å². The Morgan fingerprint density at radius 3 is 2.30 bits per heavy atom. The normalized spacial score (nSPS) is 16.2. The molecule has 0 bridgehead atoms. The molecule has 1 fully saturated rings. The fourth-order valence-electron chi connectivity index (χ4n) is 3.18. The summed E-state index contributed by atoms with van der Waals surface area (Å²) in [6.07, 6.45) is 0. The van der Waals surface area contributed by atoms with Gasteiger partial charge in [-0.15, -0.1) is 0 Å². The Labute approximate surface area is 161 Å². The molecule has 0 spiro atoms. The Morgan fingerprint density at radius 1 is 0.963 bits per heavy atom. The van der Waals surface area contributed by atoms with Gasteiger partial charge in [0.05, 0.1) is 18.6 Å². The van der Waals surface area contributed by atoms with E-state index in [-0.39, 0.29) is 0 Å². The molecule has 27 heavy (non-hydrogen) atoms. The first-order valence-electron chi connectivity index (χ1n) is 9.11. The predicted octanol–water partition coefficient (Wildman–Crippen LogP) is 2.60. The van der Waals surface area contributed by atoms with Crippen molar-refractivity contribution >= 4 is 10.0 Å². The Morgan fingerprint density at radius 2 is 1.67 bits per heavy atom. The van der Waals surface area contributed by atoms with Crippen LogP contribution in [0.15, 0.2) is 53.4 Å². The molecule has 2 aromatic rings. The predicted molar refractivity (Wildman–Crippen MR) is 105 cm³/mol. The molecule has 0 aromatic heterocycles. The fourth-order valence-corrected chi connectivity index (χ4v) is 4.60. The summed E-state index contributed by atoms with van der Waals surface area (Å²) >= 11 is 0. The van der Waals surface area contributed by atoms with E-state index in [4.69, 9.17) is 9.47 Å². The first-order chi connectivity index (χ1) is 13.0. The molecular formula is C20H26N2O4S. The Hall–Kier alpha value is -2.09. The Bertz CT molecular complexity index is 845. The van der Waals surface area contributed by atoms with E-state index in [0.717, 1.165) is 17.9 Å². The van der Waals surface area contributed by atoms with Gasteiger partial charge in [-0.3, -0.25) is 4.90 Å². The van der Waals surface area contributed by atoms with E-state index in [1.807, 2.05) is 25.1 Å². The van der Waals surface area contributed by atoms with Gasteiger partial charge in [-0.1, -0.05) is 12.1 Å². The maximum Gasteiger partial charge on any atom is 0.243 e. The number of nitrogens with zero attached hydrogens (tertiary/aromatic N) is 2. The number of methoxy groups -OCH3 is 1. The van der Waals surface area contributed by atoms with Gasteiger partial charge in [-0.05, 0) is 48.9 Å². The van der Waals surface area contributed by atoms with E-state index in [1.54, 1.807) is 35.7 Å². The third-order valence-corrected chi connectivity index (χ3v) is 6.56. The van der Waals surface area contributed by atoms with Gasteiger partial charge in [0.2, 0.25) is 10.0 Å². The van der Waals surface area contributed by atoms with Crippen molar-refractivity contribution in [3.05, 3.63) is 54.1 Å². The topological polar surface area (TPSA) is 59.1 Å². The maximum atomic E-state index is 12.9. The van der Waals surface area contributed by atoms with Crippen LogP contribution in [0.25, 0.3) is 0 Å². The molecule has 0 atom stereocenters. The molecular weight excluding hydrogens is 364 g/mol. The molecule has 1 aliphatic heterocycles. The summed E-state index contributed by atoms with van der Waals surface area (Å²) in [5.74, 6) is 1.52. The van der Waals surface area contributed by atoms with E-state index in [1.165, 1.54) is 0 Å². The maximum absolute atomic E-state index is 12.9. The van der Waals surface area contributed by atoms with Crippen LogP contribution in [0.1, 0.15) is 12.5 Å². The second kappa shape index (κ2) is 8.73. The zero-order valence-corrected chi connectivity index (χ0v) is 16.6. The average Bonchev–Trinajstić information content (AvgIpc) is 2.69.